The van der Waals surface area contributed by atoms with Crippen LogP contribution in [0.5, 0.6) is 0 Å². The minimum atomic E-state index is -4.58. The molecule has 0 atom stereocenters. The Morgan fingerprint density at radius 3 is 2.60 bits per heavy atom. The molecule has 0 amide bonds. The van der Waals surface area contributed by atoms with E-state index in [-0.39, 0.29) is 18.2 Å². The number of anilines is 3. The Morgan fingerprint density at radius 1 is 1.24 bits per heavy atom. The molecule has 1 aromatic carbocycles. The quantitative estimate of drug-likeness (QED) is 0.861. The van der Waals surface area contributed by atoms with Crippen molar-refractivity contribution in [2.75, 3.05) is 23.3 Å². The van der Waals surface area contributed by atoms with Crippen LogP contribution in [0.1, 0.15) is 17.7 Å². The van der Waals surface area contributed by atoms with Crippen LogP contribution in [0.2, 0.25) is 0 Å². The number of carboxylic acids is 1. The molecule has 1 aliphatic rings. The van der Waals surface area contributed by atoms with E-state index in [2.05, 4.69) is 15.3 Å². The molecule has 1 fully saturated rings. The smallest absolute Gasteiger partial charge is 0.433 e. The van der Waals surface area contributed by atoms with Crippen LogP contribution in [0.3, 0.4) is 0 Å². The van der Waals surface area contributed by atoms with Gasteiger partial charge in [-0.05, 0) is 24.1 Å². The Hall–Kier alpha value is -2.84. The first-order valence-corrected chi connectivity index (χ1v) is 7.60. The number of benzene rings is 1. The van der Waals surface area contributed by atoms with Crippen molar-refractivity contribution in [1.29, 1.82) is 0 Å². The first-order chi connectivity index (χ1) is 11.8. The minimum absolute atomic E-state index is 0.0108. The summed E-state index contributed by atoms with van der Waals surface area (Å²) in [7, 11) is 0. The lowest BCUT2D eigenvalue weighted by Gasteiger charge is -2.31. The molecule has 0 saturated carbocycles. The van der Waals surface area contributed by atoms with Gasteiger partial charge in [-0.1, -0.05) is 12.1 Å². The summed E-state index contributed by atoms with van der Waals surface area (Å²) in [6.45, 7) is 1.24. The van der Waals surface area contributed by atoms with Crippen molar-refractivity contribution in [2.45, 2.75) is 19.0 Å². The molecular formula is C16H15F3N4O2. The number of carbonyl (C=O) groups is 1. The highest BCUT2D eigenvalue weighted by Gasteiger charge is 2.34. The highest BCUT2D eigenvalue weighted by atomic mass is 19.4. The maximum absolute atomic E-state index is 13.1. The second-order valence-electron chi connectivity index (χ2n) is 5.67. The van der Waals surface area contributed by atoms with Gasteiger partial charge in [0, 0.05) is 24.8 Å². The molecule has 2 heterocycles. The van der Waals surface area contributed by atoms with E-state index in [0.29, 0.717) is 24.3 Å². The fourth-order valence-corrected chi connectivity index (χ4v) is 2.38. The van der Waals surface area contributed by atoms with Gasteiger partial charge in [0.15, 0.2) is 5.69 Å². The zero-order valence-electron chi connectivity index (χ0n) is 13.0. The molecule has 6 nitrogen and oxygen atoms in total. The Bertz CT molecular complexity index is 791. The van der Waals surface area contributed by atoms with E-state index in [0.717, 1.165) is 12.5 Å². The van der Waals surface area contributed by atoms with Crippen LogP contribution < -0.4 is 10.2 Å². The molecule has 0 aliphatic carbocycles. The number of aliphatic carboxylic acids is 1. The van der Waals surface area contributed by atoms with E-state index in [1.165, 1.54) is 0 Å². The van der Waals surface area contributed by atoms with Crippen molar-refractivity contribution in [1.82, 2.24) is 9.97 Å². The van der Waals surface area contributed by atoms with Gasteiger partial charge in [0.05, 0.1) is 6.42 Å². The van der Waals surface area contributed by atoms with Crippen molar-refractivity contribution in [2.24, 2.45) is 0 Å². The van der Waals surface area contributed by atoms with Crippen LogP contribution in [-0.4, -0.2) is 34.1 Å². The van der Waals surface area contributed by atoms with E-state index in [1.54, 1.807) is 29.2 Å². The molecule has 1 aromatic heterocycles. The van der Waals surface area contributed by atoms with Gasteiger partial charge in [-0.15, -0.1) is 0 Å². The van der Waals surface area contributed by atoms with Crippen LogP contribution in [0.25, 0.3) is 0 Å². The van der Waals surface area contributed by atoms with Gasteiger partial charge < -0.3 is 15.3 Å². The van der Waals surface area contributed by atoms with Crippen LogP contribution in [-0.2, 0) is 17.4 Å². The van der Waals surface area contributed by atoms with Crippen molar-refractivity contribution < 1.29 is 23.1 Å². The maximum Gasteiger partial charge on any atom is 0.433 e. The number of hydrogen-bond acceptors (Lipinski definition) is 5. The third kappa shape index (κ3) is 4.17. The van der Waals surface area contributed by atoms with Gasteiger partial charge >= 0.3 is 12.1 Å². The molecule has 132 valence electrons. The Morgan fingerprint density at radius 2 is 2.00 bits per heavy atom. The van der Waals surface area contributed by atoms with Crippen LogP contribution in [0.4, 0.5) is 30.6 Å². The topological polar surface area (TPSA) is 78.3 Å². The van der Waals surface area contributed by atoms with Crippen LogP contribution >= 0.6 is 0 Å². The molecule has 0 spiro atoms. The highest BCUT2D eigenvalue weighted by Crippen LogP contribution is 2.32. The van der Waals surface area contributed by atoms with E-state index in [9.17, 15) is 18.0 Å². The molecule has 9 heteroatoms. The summed E-state index contributed by atoms with van der Waals surface area (Å²) in [5.41, 5.74) is -0.0284. The number of nitrogens with zero attached hydrogens (tertiary/aromatic N) is 3. The lowest BCUT2D eigenvalue weighted by atomic mass is 10.1. The van der Waals surface area contributed by atoms with Crippen molar-refractivity contribution in [3.05, 3.63) is 41.6 Å². The summed E-state index contributed by atoms with van der Waals surface area (Å²) < 4.78 is 39.2. The summed E-state index contributed by atoms with van der Waals surface area (Å²) in [5, 5.41) is 11.6. The summed E-state index contributed by atoms with van der Waals surface area (Å²) in [5.74, 6) is -0.944. The molecule has 25 heavy (non-hydrogen) atoms. The first kappa shape index (κ1) is 17.0. The Balaban J connectivity index is 1.89. The highest BCUT2D eigenvalue weighted by molar-refractivity contribution is 5.71. The zero-order valence-corrected chi connectivity index (χ0v) is 13.0. The standard InChI is InChI=1S/C16H15F3N4O2/c17-16(18,19)12-9-13(22-15(21-12)23-5-2-6-23)20-11-4-1-3-10(7-11)8-14(24)25/h1,3-4,7,9H,2,5-6,8H2,(H,24,25)(H,20,21,22). The fraction of sp³-hybridized carbons (Fsp3) is 0.312. The van der Waals surface area contributed by atoms with Crippen molar-refractivity contribution in [3.8, 4) is 0 Å². The predicted octanol–water partition coefficient (Wildman–Crippen LogP) is 3.08. The van der Waals surface area contributed by atoms with Crippen molar-refractivity contribution in [3.63, 3.8) is 0 Å². The molecule has 1 saturated heterocycles. The number of hydrogen-bond donors (Lipinski definition) is 2. The number of nitrogens with one attached hydrogen (secondary N) is 1. The third-order valence-corrected chi connectivity index (χ3v) is 3.70. The monoisotopic (exact) mass is 352 g/mol. The molecule has 0 radical (unpaired) electrons. The average molecular weight is 352 g/mol. The maximum atomic E-state index is 13.1. The summed E-state index contributed by atoms with van der Waals surface area (Å²) >= 11 is 0. The second-order valence-corrected chi connectivity index (χ2v) is 5.67. The number of alkyl halides is 3. The summed E-state index contributed by atoms with van der Waals surface area (Å²) in [6.07, 6.45) is -3.87. The van der Waals surface area contributed by atoms with Crippen LogP contribution in [0.15, 0.2) is 30.3 Å². The average Bonchev–Trinajstić information content (AvgIpc) is 2.44. The SMILES string of the molecule is O=C(O)Cc1cccc(Nc2cc(C(F)(F)F)nc(N3CCC3)n2)c1. The summed E-state index contributed by atoms with van der Waals surface area (Å²) in [4.78, 5) is 20.2. The lowest BCUT2D eigenvalue weighted by molar-refractivity contribution is -0.141. The zero-order chi connectivity index (χ0) is 18.0. The fourth-order valence-electron chi connectivity index (χ4n) is 2.38. The number of aromatic nitrogens is 2. The number of halogens is 3. The van der Waals surface area contributed by atoms with Gasteiger partial charge in [-0.2, -0.15) is 18.2 Å². The van der Waals surface area contributed by atoms with Gasteiger partial charge in [-0.25, -0.2) is 4.98 Å². The van der Waals surface area contributed by atoms with Gasteiger partial charge in [-0.3, -0.25) is 4.79 Å². The molecule has 2 aromatic rings. The van der Waals surface area contributed by atoms with E-state index in [1.807, 2.05) is 0 Å². The van der Waals surface area contributed by atoms with E-state index < -0.39 is 17.8 Å². The van der Waals surface area contributed by atoms with Crippen LogP contribution in [0, 0.1) is 0 Å². The second kappa shape index (κ2) is 6.58. The summed E-state index contributed by atoms with van der Waals surface area (Å²) in [6, 6.07) is 7.29. The molecule has 0 bridgehead atoms. The van der Waals surface area contributed by atoms with Crippen molar-refractivity contribution >= 4 is 23.4 Å². The lowest BCUT2D eigenvalue weighted by Crippen LogP contribution is -2.38. The Labute approximate surface area is 141 Å². The largest absolute Gasteiger partial charge is 0.481 e. The predicted molar refractivity (Wildman–Crippen MR) is 84.9 cm³/mol. The third-order valence-electron chi connectivity index (χ3n) is 3.70. The van der Waals surface area contributed by atoms with E-state index in [4.69, 9.17) is 5.11 Å². The first-order valence-electron chi connectivity index (χ1n) is 7.60. The number of carboxylic acid groups (broad SMARTS) is 1. The van der Waals surface area contributed by atoms with Gasteiger partial charge in [0.1, 0.15) is 5.82 Å². The molecule has 0 unspecified atom stereocenters. The van der Waals surface area contributed by atoms with E-state index >= 15 is 0 Å². The number of rotatable bonds is 5. The normalized spacial score (nSPS) is 14.1. The minimum Gasteiger partial charge on any atom is -0.481 e. The Kier molecular flexibility index (Phi) is 4.47. The molecular weight excluding hydrogens is 337 g/mol. The molecule has 3 rings (SSSR count). The van der Waals surface area contributed by atoms with Gasteiger partial charge in [0.2, 0.25) is 5.95 Å². The molecule has 2 N–H and O–H groups in total. The van der Waals surface area contributed by atoms with Gasteiger partial charge in [0.25, 0.3) is 0 Å². The molecule has 1 aliphatic heterocycles.